The number of aromatic amines is 1. The molecule has 0 radical (unpaired) electrons. The van der Waals surface area contributed by atoms with E-state index in [1.54, 1.807) is 55.4 Å². The summed E-state index contributed by atoms with van der Waals surface area (Å²) >= 11 is 0. The molecule has 6 rings (SSSR count). The monoisotopic (exact) mass is 534 g/mol. The highest BCUT2D eigenvalue weighted by Crippen LogP contribution is 2.37. The lowest BCUT2D eigenvalue weighted by Gasteiger charge is -2.13. The predicted molar refractivity (Wildman–Crippen MR) is 149 cm³/mol. The molecular weight excluding hydrogens is 511 g/mol. The quantitative estimate of drug-likeness (QED) is 0.289. The lowest BCUT2D eigenvalue weighted by molar-refractivity contribution is 0.102. The van der Waals surface area contributed by atoms with Crippen LogP contribution in [0.4, 0.5) is 10.1 Å². The van der Waals surface area contributed by atoms with Gasteiger partial charge in [-0.3, -0.25) is 24.4 Å². The van der Waals surface area contributed by atoms with Gasteiger partial charge in [-0.05, 0) is 61.0 Å². The topological polar surface area (TPSA) is 107 Å². The molecule has 1 amide bonds. The van der Waals surface area contributed by atoms with E-state index in [-0.39, 0.29) is 17.0 Å². The number of carbonyl (C=O) groups is 1. The molecule has 10 heteroatoms. The third-order valence-electron chi connectivity index (χ3n) is 6.72. The number of H-pyrrole nitrogens is 1. The van der Waals surface area contributed by atoms with Crippen LogP contribution in [0.5, 0.6) is 11.5 Å². The fraction of sp³-hybridized carbons (Fsp3) is 0.0667. The Bertz CT molecular complexity index is 1930. The Labute approximate surface area is 227 Å². The number of pyridine rings is 1. The number of aromatic nitrogens is 5. The van der Waals surface area contributed by atoms with E-state index in [9.17, 15) is 9.59 Å². The lowest BCUT2D eigenvalue weighted by Crippen LogP contribution is -2.25. The maximum atomic E-state index is 15.3. The van der Waals surface area contributed by atoms with Crippen LogP contribution >= 0.6 is 0 Å². The normalized spacial score (nSPS) is 11.1. The van der Waals surface area contributed by atoms with Crippen molar-refractivity contribution in [2.45, 2.75) is 6.92 Å². The molecule has 0 unspecified atom stereocenters. The largest absolute Gasteiger partial charge is 0.454 e. The summed E-state index contributed by atoms with van der Waals surface area (Å²) in [4.78, 5) is 30.4. The van der Waals surface area contributed by atoms with E-state index in [0.717, 1.165) is 22.5 Å². The molecule has 0 atom stereocenters. The highest BCUT2D eigenvalue weighted by Gasteiger charge is 2.23. The number of anilines is 1. The van der Waals surface area contributed by atoms with Crippen molar-refractivity contribution >= 4 is 22.5 Å². The van der Waals surface area contributed by atoms with E-state index < -0.39 is 17.3 Å². The molecular formula is C30H23FN6O3. The maximum Gasteiger partial charge on any atom is 0.284 e. The number of rotatable bonds is 6. The standard InChI is InChI=1S/C30H23FN6O3/c1-18-28(30(39)37(36(18)2)22-6-4-3-5-7-22)29(38)34-21-8-9-26(24(31)15-21)40-27-14-20-17-33-35-25(20)16-23(27)19-10-12-32-13-11-19/h3-17H,1-2H3,(H,33,35)(H,34,38). The van der Waals surface area contributed by atoms with Gasteiger partial charge in [0.2, 0.25) is 0 Å². The minimum absolute atomic E-state index is 0.0255. The van der Waals surface area contributed by atoms with Crippen LogP contribution in [0.25, 0.3) is 27.7 Å². The fourth-order valence-corrected chi connectivity index (χ4v) is 4.61. The minimum atomic E-state index is -0.683. The molecule has 0 bridgehead atoms. The zero-order chi connectivity index (χ0) is 27.8. The summed E-state index contributed by atoms with van der Waals surface area (Å²) in [6.07, 6.45) is 5.05. The average molecular weight is 535 g/mol. The van der Waals surface area contributed by atoms with E-state index in [0.29, 0.717) is 22.7 Å². The van der Waals surface area contributed by atoms with Crippen molar-refractivity contribution in [3.05, 3.63) is 119 Å². The van der Waals surface area contributed by atoms with Crippen LogP contribution in [0.2, 0.25) is 0 Å². The number of carbonyl (C=O) groups excluding carboxylic acids is 1. The van der Waals surface area contributed by atoms with Crippen molar-refractivity contribution < 1.29 is 13.9 Å². The number of halogens is 1. The van der Waals surface area contributed by atoms with Gasteiger partial charge in [0.05, 0.1) is 16.9 Å². The number of benzene rings is 3. The molecule has 2 N–H and O–H groups in total. The van der Waals surface area contributed by atoms with Crippen LogP contribution in [0, 0.1) is 12.7 Å². The second kappa shape index (κ2) is 9.99. The van der Waals surface area contributed by atoms with Crippen molar-refractivity contribution in [2.24, 2.45) is 7.05 Å². The molecule has 3 aromatic carbocycles. The number of fused-ring (bicyclic) bond motifs is 1. The molecule has 0 aliphatic rings. The third-order valence-corrected chi connectivity index (χ3v) is 6.72. The van der Waals surface area contributed by atoms with E-state index in [1.807, 2.05) is 36.4 Å². The highest BCUT2D eigenvalue weighted by atomic mass is 19.1. The van der Waals surface area contributed by atoms with Crippen LogP contribution in [-0.2, 0) is 7.05 Å². The summed E-state index contributed by atoms with van der Waals surface area (Å²) < 4.78 is 24.3. The molecule has 198 valence electrons. The summed E-state index contributed by atoms with van der Waals surface area (Å²) in [6, 6.07) is 20.4. The molecule has 0 saturated heterocycles. The Morgan fingerprint density at radius 3 is 2.52 bits per heavy atom. The van der Waals surface area contributed by atoms with E-state index >= 15 is 4.39 Å². The average Bonchev–Trinajstić information content (AvgIpc) is 3.51. The molecule has 0 saturated carbocycles. The van der Waals surface area contributed by atoms with Crippen molar-refractivity contribution in [2.75, 3.05) is 5.32 Å². The predicted octanol–water partition coefficient (Wildman–Crippen LogP) is 5.61. The van der Waals surface area contributed by atoms with Gasteiger partial charge in [0, 0.05) is 48.3 Å². The van der Waals surface area contributed by atoms with Crippen LogP contribution in [-0.4, -0.2) is 30.5 Å². The zero-order valence-corrected chi connectivity index (χ0v) is 21.6. The van der Waals surface area contributed by atoms with Crippen molar-refractivity contribution in [3.8, 4) is 28.3 Å². The second-order valence-electron chi connectivity index (χ2n) is 9.17. The van der Waals surface area contributed by atoms with E-state index in [4.69, 9.17) is 4.74 Å². The number of nitrogens with one attached hydrogen (secondary N) is 2. The molecule has 0 aliphatic carbocycles. The summed E-state index contributed by atoms with van der Waals surface area (Å²) in [5, 5.41) is 10.5. The number of nitrogens with zero attached hydrogens (tertiary/aromatic N) is 4. The number of amides is 1. The first kappa shape index (κ1) is 24.8. The second-order valence-corrected chi connectivity index (χ2v) is 9.17. The van der Waals surface area contributed by atoms with E-state index in [2.05, 4.69) is 20.5 Å². The summed E-state index contributed by atoms with van der Waals surface area (Å²) in [6.45, 7) is 1.69. The smallest absolute Gasteiger partial charge is 0.284 e. The number of hydrogen-bond donors (Lipinski definition) is 2. The molecule has 9 nitrogen and oxygen atoms in total. The maximum absolute atomic E-state index is 15.3. The van der Waals surface area contributed by atoms with Gasteiger partial charge in [0.15, 0.2) is 11.6 Å². The summed E-state index contributed by atoms with van der Waals surface area (Å²) in [5.41, 5.74) is 3.08. The minimum Gasteiger partial charge on any atom is -0.454 e. The molecule has 0 fully saturated rings. The van der Waals surface area contributed by atoms with Crippen LogP contribution in [0.15, 0.2) is 96.2 Å². The number of ether oxygens (including phenoxy) is 1. The zero-order valence-electron chi connectivity index (χ0n) is 21.6. The molecule has 0 spiro atoms. The SMILES string of the molecule is Cc1c(C(=O)Nc2ccc(Oc3cc4c[nH]nc4cc3-c3ccncc3)c(F)c2)c(=O)n(-c2ccccc2)n1C. The lowest BCUT2D eigenvalue weighted by atomic mass is 10.0. The van der Waals surface area contributed by atoms with E-state index in [1.165, 1.54) is 16.8 Å². The Kier molecular flexibility index (Phi) is 6.19. The van der Waals surface area contributed by atoms with Crippen molar-refractivity contribution in [1.29, 1.82) is 0 Å². The molecule has 0 aliphatic heterocycles. The molecule has 40 heavy (non-hydrogen) atoms. The van der Waals surface area contributed by atoms with Gasteiger partial charge in [0.25, 0.3) is 11.5 Å². The molecule has 3 heterocycles. The summed E-state index contributed by atoms with van der Waals surface area (Å²) in [7, 11) is 1.70. The highest BCUT2D eigenvalue weighted by molar-refractivity contribution is 6.05. The molecule has 3 aromatic heterocycles. The Morgan fingerprint density at radius 2 is 1.77 bits per heavy atom. The third kappa shape index (κ3) is 4.41. The van der Waals surface area contributed by atoms with Gasteiger partial charge in [-0.1, -0.05) is 18.2 Å². The number of para-hydroxylation sites is 1. The Balaban J connectivity index is 1.28. The molecule has 6 aromatic rings. The van der Waals surface area contributed by atoms with Crippen LogP contribution < -0.4 is 15.6 Å². The first-order valence-electron chi connectivity index (χ1n) is 12.4. The van der Waals surface area contributed by atoms with Gasteiger partial charge >= 0.3 is 0 Å². The van der Waals surface area contributed by atoms with Crippen molar-refractivity contribution in [3.63, 3.8) is 0 Å². The van der Waals surface area contributed by atoms with Crippen LogP contribution in [0.1, 0.15) is 16.1 Å². The Morgan fingerprint density at radius 1 is 1.00 bits per heavy atom. The van der Waals surface area contributed by atoms with Gasteiger partial charge in [-0.15, -0.1) is 0 Å². The number of hydrogen-bond acceptors (Lipinski definition) is 5. The van der Waals surface area contributed by atoms with Crippen molar-refractivity contribution in [1.82, 2.24) is 24.5 Å². The first-order valence-corrected chi connectivity index (χ1v) is 12.4. The van der Waals surface area contributed by atoms with Crippen LogP contribution in [0.3, 0.4) is 0 Å². The summed E-state index contributed by atoms with van der Waals surface area (Å²) in [5.74, 6) is -0.917. The van der Waals surface area contributed by atoms with Gasteiger partial charge in [0.1, 0.15) is 11.3 Å². The van der Waals surface area contributed by atoms with Gasteiger partial charge in [-0.25, -0.2) is 9.07 Å². The Hall–Kier alpha value is -5.51. The van der Waals surface area contributed by atoms with Gasteiger partial charge in [-0.2, -0.15) is 5.10 Å². The first-order chi connectivity index (χ1) is 19.4. The van der Waals surface area contributed by atoms with Gasteiger partial charge < -0.3 is 10.1 Å². The fourth-order valence-electron chi connectivity index (χ4n) is 4.61.